The third-order valence-corrected chi connectivity index (χ3v) is 3.14. The van der Waals surface area contributed by atoms with Gasteiger partial charge in [-0.1, -0.05) is 33.6 Å². The molecule has 0 aliphatic heterocycles. The molecule has 1 N–H and O–H groups in total. The van der Waals surface area contributed by atoms with Crippen LogP contribution in [0.2, 0.25) is 5.02 Å². The molecule has 2 rings (SSSR count). The smallest absolute Gasteiger partial charge is 0.274 e. The van der Waals surface area contributed by atoms with Crippen molar-refractivity contribution in [1.82, 2.24) is 4.98 Å². The lowest BCUT2D eigenvalue weighted by atomic mass is 10.2. The number of hydrogen-bond acceptors (Lipinski definition) is 2. The maximum Gasteiger partial charge on any atom is 0.274 e. The zero-order valence-corrected chi connectivity index (χ0v) is 11.9. The van der Waals surface area contributed by atoms with E-state index in [1.807, 2.05) is 13.0 Å². The van der Waals surface area contributed by atoms with E-state index in [0.717, 1.165) is 10.0 Å². The molecule has 0 saturated heterocycles. The molecule has 92 valence electrons. The summed E-state index contributed by atoms with van der Waals surface area (Å²) in [5, 5.41) is 3.26. The van der Waals surface area contributed by atoms with Gasteiger partial charge in [0.15, 0.2) is 0 Å². The Hall–Kier alpha value is -1.39. The number of nitrogens with one attached hydrogen (secondary N) is 1. The van der Waals surface area contributed by atoms with E-state index in [4.69, 9.17) is 11.6 Å². The van der Waals surface area contributed by atoms with E-state index in [2.05, 4.69) is 26.2 Å². The summed E-state index contributed by atoms with van der Waals surface area (Å²) in [7, 11) is 0. The van der Waals surface area contributed by atoms with Gasteiger partial charge in [-0.25, -0.2) is 0 Å². The fourth-order valence-corrected chi connectivity index (χ4v) is 2.55. The number of carbonyl (C=O) groups excluding carboxylic acids is 1. The molecule has 3 nitrogen and oxygen atoms in total. The molecule has 18 heavy (non-hydrogen) atoms. The molecule has 0 spiro atoms. The van der Waals surface area contributed by atoms with Crippen LogP contribution in [0.25, 0.3) is 0 Å². The van der Waals surface area contributed by atoms with Crippen LogP contribution in [0.1, 0.15) is 16.1 Å². The average molecular weight is 326 g/mol. The number of pyridine rings is 1. The third kappa shape index (κ3) is 2.89. The lowest BCUT2D eigenvalue weighted by molar-refractivity contribution is 0.102. The summed E-state index contributed by atoms with van der Waals surface area (Å²) < 4.78 is 0.876. The Morgan fingerprint density at radius 2 is 2.17 bits per heavy atom. The molecule has 0 atom stereocenters. The van der Waals surface area contributed by atoms with Crippen LogP contribution in [0.15, 0.2) is 41.0 Å². The van der Waals surface area contributed by atoms with Crippen molar-refractivity contribution in [1.29, 1.82) is 0 Å². The summed E-state index contributed by atoms with van der Waals surface area (Å²) in [4.78, 5) is 15.9. The highest BCUT2D eigenvalue weighted by molar-refractivity contribution is 9.10. The Balaban J connectivity index is 2.28. The van der Waals surface area contributed by atoms with Gasteiger partial charge in [0.25, 0.3) is 5.91 Å². The van der Waals surface area contributed by atoms with Crippen molar-refractivity contribution in [2.24, 2.45) is 0 Å². The van der Waals surface area contributed by atoms with E-state index in [1.54, 1.807) is 30.5 Å². The van der Waals surface area contributed by atoms with Crippen LogP contribution in [0.3, 0.4) is 0 Å². The quantitative estimate of drug-likeness (QED) is 0.905. The van der Waals surface area contributed by atoms with Crippen molar-refractivity contribution < 1.29 is 4.79 Å². The van der Waals surface area contributed by atoms with Gasteiger partial charge < -0.3 is 5.32 Å². The maximum absolute atomic E-state index is 12.0. The second-order valence-electron chi connectivity index (χ2n) is 3.75. The minimum Gasteiger partial charge on any atom is -0.319 e. The van der Waals surface area contributed by atoms with Crippen molar-refractivity contribution in [3.8, 4) is 0 Å². The number of anilines is 1. The van der Waals surface area contributed by atoms with Crippen LogP contribution in [0.4, 0.5) is 5.69 Å². The molecule has 0 aliphatic carbocycles. The lowest BCUT2D eigenvalue weighted by Gasteiger charge is -2.10. The van der Waals surface area contributed by atoms with Crippen LogP contribution in [0.5, 0.6) is 0 Å². The highest BCUT2D eigenvalue weighted by Gasteiger charge is 2.11. The Morgan fingerprint density at radius 3 is 2.78 bits per heavy atom. The van der Waals surface area contributed by atoms with Crippen molar-refractivity contribution in [3.63, 3.8) is 0 Å². The first-order valence-electron chi connectivity index (χ1n) is 5.26. The molecule has 0 bridgehead atoms. The average Bonchev–Trinajstić information content (AvgIpc) is 2.34. The highest BCUT2D eigenvalue weighted by Crippen LogP contribution is 2.30. The second-order valence-corrected chi connectivity index (χ2v) is 5.07. The monoisotopic (exact) mass is 324 g/mol. The number of nitrogens with zero attached hydrogens (tertiary/aromatic N) is 1. The fraction of sp³-hybridized carbons (Fsp3) is 0.0769. The molecular formula is C13H10BrClN2O. The molecule has 1 aromatic heterocycles. The van der Waals surface area contributed by atoms with Gasteiger partial charge in [-0.3, -0.25) is 9.78 Å². The first kappa shape index (κ1) is 13.1. The largest absolute Gasteiger partial charge is 0.319 e. The standard InChI is InChI=1S/C13H10BrClN2O/c1-8-6-9(14)7-10(15)12(8)17-13(18)11-4-2-3-5-16-11/h2-7H,1H3,(H,17,18). The van der Waals surface area contributed by atoms with E-state index in [1.165, 1.54) is 0 Å². The molecule has 0 radical (unpaired) electrons. The van der Waals surface area contributed by atoms with Crippen LogP contribution in [-0.4, -0.2) is 10.9 Å². The molecule has 5 heteroatoms. The molecule has 1 heterocycles. The van der Waals surface area contributed by atoms with Gasteiger partial charge in [0, 0.05) is 10.7 Å². The lowest BCUT2D eigenvalue weighted by Crippen LogP contribution is -2.14. The Labute approximate surface area is 118 Å². The zero-order valence-electron chi connectivity index (χ0n) is 9.58. The number of rotatable bonds is 2. The maximum atomic E-state index is 12.0. The van der Waals surface area contributed by atoms with Crippen LogP contribution >= 0.6 is 27.5 Å². The van der Waals surface area contributed by atoms with Gasteiger partial charge in [-0.2, -0.15) is 0 Å². The molecule has 0 aliphatic rings. The molecule has 1 amide bonds. The number of aryl methyl sites for hydroxylation is 1. The van der Waals surface area contributed by atoms with Crippen molar-refractivity contribution >= 4 is 39.1 Å². The number of halogens is 2. The molecule has 0 unspecified atom stereocenters. The third-order valence-electron chi connectivity index (χ3n) is 2.39. The number of aromatic nitrogens is 1. The van der Waals surface area contributed by atoms with E-state index < -0.39 is 0 Å². The second kappa shape index (κ2) is 5.50. The van der Waals surface area contributed by atoms with Gasteiger partial charge in [0.05, 0.1) is 10.7 Å². The predicted octanol–water partition coefficient (Wildman–Crippen LogP) is 4.06. The summed E-state index contributed by atoms with van der Waals surface area (Å²) in [6.07, 6.45) is 1.57. The molecule has 1 aromatic carbocycles. The fourth-order valence-electron chi connectivity index (χ4n) is 1.54. The van der Waals surface area contributed by atoms with E-state index in [9.17, 15) is 4.79 Å². The van der Waals surface area contributed by atoms with Gasteiger partial charge in [-0.05, 0) is 36.8 Å². The van der Waals surface area contributed by atoms with Crippen LogP contribution in [0, 0.1) is 6.92 Å². The first-order valence-corrected chi connectivity index (χ1v) is 6.43. The minimum atomic E-state index is -0.275. The number of carbonyl (C=O) groups is 1. The summed E-state index contributed by atoms with van der Waals surface area (Å²) >= 11 is 9.45. The van der Waals surface area contributed by atoms with E-state index in [-0.39, 0.29) is 5.91 Å². The van der Waals surface area contributed by atoms with Crippen molar-refractivity contribution in [2.75, 3.05) is 5.32 Å². The topological polar surface area (TPSA) is 42.0 Å². The zero-order chi connectivity index (χ0) is 13.1. The van der Waals surface area contributed by atoms with Crippen LogP contribution in [-0.2, 0) is 0 Å². The summed E-state index contributed by atoms with van der Waals surface area (Å²) in [5.41, 5.74) is 1.85. The van der Waals surface area contributed by atoms with Crippen LogP contribution < -0.4 is 5.32 Å². The van der Waals surface area contributed by atoms with Crippen molar-refractivity contribution in [3.05, 3.63) is 57.3 Å². The van der Waals surface area contributed by atoms with Gasteiger partial charge in [0.1, 0.15) is 5.69 Å². The molecule has 2 aromatic rings. The van der Waals surface area contributed by atoms with Gasteiger partial charge >= 0.3 is 0 Å². The van der Waals surface area contributed by atoms with Crippen molar-refractivity contribution in [2.45, 2.75) is 6.92 Å². The summed E-state index contributed by atoms with van der Waals surface area (Å²) in [6, 6.07) is 8.80. The van der Waals surface area contributed by atoms with Gasteiger partial charge in [0.2, 0.25) is 0 Å². The first-order chi connectivity index (χ1) is 8.58. The number of amides is 1. The van der Waals surface area contributed by atoms with E-state index in [0.29, 0.717) is 16.4 Å². The normalized spacial score (nSPS) is 10.2. The Kier molecular flexibility index (Phi) is 3.99. The van der Waals surface area contributed by atoms with E-state index >= 15 is 0 Å². The Bertz CT molecular complexity index is 564. The SMILES string of the molecule is Cc1cc(Br)cc(Cl)c1NC(=O)c1ccccn1. The summed E-state index contributed by atoms with van der Waals surface area (Å²) in [6.45, 7) is 1.88. The molecule has 0 fully saturated rings. The Morgan fingerprint density at radius 1 is 1.39 bits per heavy atom. The number of benzene rings is 1. The predicted molar refractivity (Wildman–Crippen MR) is 76.1 cm³/mol. The molecular weight excluding hydrogens is 316 g/mol. The summed E-state index contributed by atoms with van der Waals surface area (Å²) in [5.74, 6) is -0.275. The minimum absolute atomic E-state index is 0.275. The van der Waals surface area contributed by atoms with Gasteiger partial charge in [-0.15, -0.1) is 0 Å². The molecule has 0 saturated carbocycles. The number of hydrogen-bond donors (Lipinski definition) is 1. The highest BCUT2D eigenvalue weighted by atomic mass is 79.9.